The molecule has 1 aliphatic rings. The van der Waals surface area contributed by atoms with Crippen molar-refractivity contribution in [1.29, 1.82) is 0 Å². The van der Waals surface area contributed by atoms with Crippen molar-refractivity contribution in [3.63, 3.8) is 0 Å². The number of ether oxygens (including phenoxy) is 1. The van der Waals surface area contributed by atoms with Crippen LogP contribution in [0.1, 0.15) is 36.8 Å². The molecular formula is C14H16BrNO2. The predicted octanol–water partition coefficient (Wildman–Crippen LogP) is 3.87. The molecule has 0 heterocycles. The van der Waals surface area contributed by atoms with Crippen molar-refractivity contribution in [2.45, 2.75) is 38.1 Å². The molecule has 4 heteroatoms. The molecule has 0 amide bonds. The fourth-order valence-corrected chi connectivity index (χ4v) is 3.82. The lowest BCUT2D eigenvalue weighted by Crippen LogP contribution is -2.21. The van der Waals surface area contributed by atoms with Gasteiger partial charge in [-0.15, -0.1) is 0 Å². The lowest BCUT2D eigenvalue weighted by atomic mass is 9.85. The number of isocyanates is 1. The van der Waals surface area contributed by atoms with Gasteiger partial charge in [0, 0.05) is 5.56 Å². The first-order chi connectivity index (χ1) is 8.64. The van der Waals surface area contributed by atoms with Gasteiger partial charge in [0.2, 0.25) is 6.08 Å². The lowest BCUT2D eigenvalue weighted by Gasteiger charge is -2.27. The lowest BCUT2D eigenvalue weighted by molar-refractivity contribution is 0.403. The van der Waals surface area contributed by atoms with Crippen LogP contribution in [-0.2, 0) is 10.3 Å². The fraction of sp³-hybridized carbons (Fsp3) is 0.500. The van der Waals surface area contributed by atoms with Gasteiger partial charge >= 0.3 is 0 Å². The Balaban J connectivity index is 2.64. The number of hydrogen-bond acceptors (Lipinski definition) is 3. The van der Waals surface area contributed by atoms with Gasteiger partial charge in [-0.2, -0.15) is 4.99 Å². The average Bonchev–Trinajstić information content (AvgIpc) is 2.79. The van der Waals surface area contributed by atoms with Gasteiger partial charge in [0.15, 0.2) is 0 Å². The van der Waals surface area contributed by atoms with Crippen molar-refractivity contribution in [1.82, 2.24) is 0 Å². The first-order valence-electron chi connectivity index (χ1n) is 6.07. The molecule has 2 rings (SSSR count). The zero-order chi connectivity index (χ0) is 13.2. The second-order valence-electron chi connectivity index (χ2n) is 4.72. The SMILES string of the molecule is COc1ccc(C)c(C2(N=C=O)CCCC2)c1Br. The molecular weight excluding hydrogens is 294 g/mol. The molecule has 0 atom stereocenters. The Bertz CT molecular complexity index is 501. The fourth-order valence-electron chi connectivity index (χ4n) is 2.85. The van der Waals surface area contributed by atoms with Crippen LogP contribution in [0.15, 0.2) is 21.6 Å². The first kappa shape index (κ1) is 13.3. The standard InChI is InChI=1S/C14H16BrNO2/c1-10-5-6-11(18-2)13(15)12(10)14(16-9-17)7-3-4-8-14/h5-6H,3-4,7-8H2,1-2H3. The summed E-state index contributed by atoms with van der Waals surface area (Å²) in [6.07, 6.45) is 5.73. The summed E-state index contributed by atoms with van der Waals surface area (Å²) in [7, 11) is 1.64. The van der Waals surface area contributed by atoms with Crippen LogP contribution in [0, 0.1) is 6.92 Å². The van der Waals surface area contributed by atoms with E-state index in [0.29, 0.717) is 0 Å². The van der Waals surface area contributed by atoms with Gasteiger partial charge in [-0.05, 0) is 47.3 Å². The molecule has 0 radical (unpaired) electrons. The number of halogens is 1. The maximum absolute atomic E-state index is 10.8. The van der Waals surface area contributed by atoms with Crippen molar-refractivity contribution in [2.75, 3.05) is 7.11 Å². The summed E-state index contributed by atoms with van der Waals surface area (Å²) in [6.45, 7) is 2.04. The van der Waals surface area contributed by atoms with Crippen molar-refractivity contribution < 1.29 is 9.53 Å². The van der Waals surface area contributed by atoms with E-state index < -0.39 is 5.54 Å². The van der Waals surface area contributed by atoms with E-state index in [4.69, 9.17) is 4.74 Å². The molecule has 1 aliphatic carbocycles. The molecule has 0 spiro atoms. The Morgan fingerprint density at radius 1 is 1.39 bits per heavy atom. The van der Waals surface area contributed by atoms with Crippen LogP contribution in [0.25, 0.3) is 0 Å². The summed E-state index contributed by atoms with van der Waals surface area (Å²) in [5.74, 6) is 0.781. The van der Waals surface area contributed by atoms with Crippen molar-refractivity contribution in [2.24, 2.45) is 4.99 Å². The predicted molar refractivity (Wildman–Crippen MR) is 73.7 cm³/mol. The van der Waals surface area contributed by atoms with E-state index in [1.54, 1.807) is 13.2 Å². The quantitative estimate of drug-likeness (QED) is 0.628. The molecule has 0 saturated heterocycles. The Labute approximate surface area is 115 Å². The molecule has 0 bridgehead atoms. The normalized spacial score (nSPS) is 17.3. The third kappa shape index (κ3) is 2.11. The molecule has 1 aromatic carbocycles. The van der Waals surface area contributed by atoms with Crippen LogP contribution >= 0.6 is 15.9 Å². The smallest absolute Gasteiger partial charge is 0.235 e. The summed E-state index contributed by atoms with van der Waals surface area (Å²) in [5, 5.41) is 0. The van der Waals surface area contributed by atoms with E-state index in [1.807, 2.05) is 19.1 Å². The number of methoxy groups -OCH3 is 1. The Hall–Kier alpha value is -1.12. The summed E-state index contributed by atoms with van der Waals surface area (Å²) in [5.41, 5.74) is 1.78. The van der Waals surface area contributed by atoms with E-state index in [2.05, 4.69) is 20.9 Å². The Morgan fingerprint density at radius 3 is 2.61 bits per heavy atom. The van der Waals surface area contributed by atoms with Gasteiger partial charge in [-0.1, -0.05) is 18.9 Å². The molecule has 0 unspecified atom stereocenters. The molecule has 18 heavy (non-hydrogen) atoms. The Kier molecular flexibility index (Phi) is 3.88. The Morgan fingerprint density at radius 2 is 2.06 bits per heavy atom. The zero-order valence-corrected chi connectivity index (χ0v) is 12.2. The molecule has 3 nitrogen and oxygen atoms in total. The zero-order valence-electron chi connectivity index (χ0n) is 10.6. The third-order valence-corrected chi connectivity index (χ3v) is 4.48. The molecule has 0 aliphatic heterocycles. The summed E-state index contributed by atoms with van der Waals surface area (Å²) in [6, 6.07) is 3.94. The van der Waals surface area contributed by atoms with Crippen LogP contribution in [0.5, 0.6) is 5.75 Å². The number of aryl methyl sites for hydroxylation is 1. The number of carbonyl (C=O) groups excluding carboxylic acids is 1. The van der Waals surface area contributed by atoms with E-state index >= 15 is 0 Å². The monoisotopic (exact) mass is 309 g/mol. The average molecular weight is 310 g/mol. The molecule has 1 saturated carbocycles. The highest BCUT2D eigenvalue weighted by Crippen LogP contribution is 2.48. The largest absolute Gasteiger partial charge is 0.496 e. The van der Waals surface area contributed by atoms with Gasteiger partial charge in [-0.3, -0.25) is 0 Å². The number of aliphatic imine (C=N–C) groups is 1. The second-order valence-corrected chi connectivity index (χ2v) is 5.51. The van der Waals surface area contributed by atoms with Crippen LogP contribution in [0.2, 0.25) is 0 Å². The highest BCUT2D eigenvalue weighted by Gasteiger charge is 2.39. The van der Waals surface area contributed by atoms with Gasteiger partial charge in [0.25, 0.3) is 0 Å². The molecule has 0 aromatic heterocycles. The first-order valence-corrected chi connectivity index (χ1v) is 6.86. The minimum atomic E-state index is -0.417. The number of rotatable bonds is 3. The molecule has 96 valence electrons. The number of benzene rings is 1. The number of hydrogen-bond donors (Lipinski definition) is 0. The van der Waals surface area contributed by atoms with Gasteiger partial charge in [0.1, 0.15) is 5.75 Å². The van der Waals surface area contributed by atoms with Gasteiger partial charge < -0.3 is 4.74 Å². The summed E-state index contributed by atoms with van der Waals surface area (Å²) in [4.78, 5) is 14.9. The van der Waals surface area contributed by atoms with Crippen molar-refractivity contribution in [3.05, 3.63) is 27.7 Å². The van der Waals surface area contributed by atoms with E-state index in [9.17, 15) is 4.79 Å². The highest BCUT2D eigenvalue weighted by atomic mass is 79.9. The number of nitrogens with zero attached hydrogens (tertiary/aromatic N) is 1. The van der Waals surface area contributed by atoms with Crippen LogP contribution < -0.4 is 4.74 Å². The summed E-state index contributed by atoms with van der Waals surface area (Å²) >= 11 is 3.59. The van der Waals surface area contributed by atoms with E-state index in [-0.39, 0.29) is 0 Å². The van der Waals surface area contributed by atoms with Crippen LogP contribution in [0.3, 0.4) is 0 Å². The van der Waals surface area contributed by atoms with E-state index in [1.165, 1.54) is 0 Å². The highest BCUT2D eigenvalue weighted by molar-refractivity contribution is 9.10. The topological polar surface area (TPSA) is 38.7 Å². The van der Waals surface area contributed by atoms with Crippen molar-refractivity contribution in [3.8, 4) is 5.75 Å². The second kappa shape index (κ2) is 5.25. The maximum atomic E-state index is 10.8. The molecule has 0 N–H and O–H groups in total. The summed E-state index contributed by atoms with van der Waals surface area (Å²) < 4.78 is 6.24. The minimum Gasteiger partial charge on any atom is -0.496 e. The maximum Gasteiger partial charge on any atom is 0.235 e. The van der Waals surface area contributed by atoms with Crippen LogP contribution in [0.4, 0.5) is 0 Å². The minimum absolute atomic E-state index is 0.417. The van der Waals surface area contributed by atoms with Gasteiger partial charge in [-0.25, -0.2) is 4.79 Å². The van der Waals surface area contributed by atoms with Crippen LogP contribution in [-0.4, -0.2) is 13.2 Å². The molecule has 1 fully saturated rings. The van der Waals surface area contributed by atoms with Gasteiger partial charge in [0.05, 0.1) is 17.1 Å². The third-order valence-electron chi connectivity index (χ3n) is 3.69. The van der Waals surface area contributed by atoms with Crippen molar-refractivity contribution >= 4 is 22.0 Å². The van der Waals surface area contributed by atoms with E-state index in [0.717, 1.165) is 47.0 Å². The molecule has 1 aromatic rings.